The summed E-state index contributed by atoms with van der Waals surface area (Å²) in [5, 5.41) is 13.6. The van der Waals surface area contributed by atoms with E-state index in [9.17, 15) is 0 Å². The molecule has 4 rings (SSSR count). The van der Waals surface area contributed by atoms with E-state index >= 15 is 0 Å². The molecule has 168 valence electrons. The number of nitrogens with one attached hydrogen (secondary N) is 2. The van der Waals surface area contributed by atoms with Gasteiger partial charge in [-0.15, -0.1) is 37.2 Å². The van der Waals surface area contributed by atoms with Crippen LogP contribution in [0.15, 0.2) is 58.1 Å². The van der Waals surface area contributed by atoms with Crippen LogP contribution in [0, 0.1) is 0 Å². The molecule has 0 unspecified atom stereocenters. The van der Waals surface area contributed by atoms with Crippen LogP contribution in [0.4, 0.5) is 0 Å². The first-order valence-corrected chi connectivity index (χ1v) is 8.55. The van der Waals surface area contributed by atoms with E-state index in [-0.39, 0.29) is 37.2 Å². The summed E-state index contributed by atoms with van der Waals surface area (Å²) < 4.78 is 10.0. The number of hydrogen-bond donors (Lipinski definition) is 2. The normalized spacial score (nSPS) is 9.35. The summed E-state index contributed by atoms with van der Waals surface area (Å²) in [6.07, 6.45) is 6.79. The van der Waals surface area contributed by atoms with Gasteiger partial charge in [0, 0.05) is 35.9 Å². The van der Waals surface area contributed by atoms with Crippen molar-refractivity contribution in [3.63, 3.8) is 0 Å². The lowest BCUT2D eigenvalue weighted by Gasteiger charge is -1.90. The van der Waals surface area contributed by atoms with Gasteiger partial charge >= 0.3 is 0 Å². The molecule has 0 aliphatic rings. The van der Waals surface area contributed by atoms with E-state index in [4.69, 9.17) is 9.05 Å². The molecule has 4 heterocycles. The van der Waals surface area contributed by atoms with Crippen molar-refractivity contribution in [2.75, 3.05) is 14.1 Å². The van der Waals surface area contributed by atoms with E-state index in [1.54, 1.807) is 24.8 Å². The highest BCUT2D eigenvalue weighted by Gasteiger charge is 2.07. The van der Waals surface area contributed by atoms with Crippen LogP contribution in [0.1, 0.15) is 11.8 Å². The molecule has 0 fully saturated rings. The van der Waals surface area contributed by atoms with Gasteiger partial charge in [-0.1, -0.05) is 10.3 Å². The Labute approximate surface area is 197 Å². The minimum absolute atomic E-state index is 0. The standard InChI is InChI=1S/2C9H10N4O.3ClH/c2*1-10-6-8-12-9(13-14-8)7-2-4-11-5-3-7;;;/h2*2-5,10H,6H2,1H3;3*1H. The molecule has 31 heavy (non-hydrogen) atoms. The molecule has 0 aliphatic carbocycles. The monoisotopic (exact) mass is 488 g/mol. The number of aromatic nitrogens is 6. The third kappa shape index (κ3) is 8.56. The van der Waals surface area contributed by atoms with Crippen LogP contribution in [-0.2, 0) is 13.1 Å². The quantitative estimate of drug-likeness (QED) is 0.417. The Morgan fingerprint density at radius 1 is 0.645 bits per heavy atom. The molecule has 0 saturated carbocycles. The molecule has 13 heteroatoms. The van der Waals surface area contributed by atoms with Crippen molar-refractivity contribution < 1.29 is 9.05 Å². The fourth-order valence-electron chi connectivity index (χ4n) is 2.19. The van der Waals surface area contributed by atoms with Crippen molar-refractivity contribution in [2.24, 2.45) is 0 Å². The second kappa shape index (κ2) is 15.2. The Bertz CT molecular complexity index is 890. The van der Waals surface area contributed by atoms with Crippen LogP contribution in [0.5, 0.6) is 0 Å². The van der Waals surface area contributed by atoms with Crippen LogP contribution < -0.4 is 10.6 Å². The molecule has 2 N–H and O–H groups in total. The van der Waals surface area contributed by atoms with E-state index in [2.05, 4.69) is 40.9 Å². The van der Waals surface area contributed by atoms with Crippen molar-refractivity contribution in [3.05, 3.63) is 60.8 Å². The Morgan fingerprint density at radius 3 is 1.32 bits per heavy atom. The number of rotatable bonds is 6. The molecule has 0 spiro atoms. The zero-order valence-electron chi connectivity index (χ0n) is 16.8. The first kappa shape index (κ1) is 28.4. The Hall–Kier alpha value is -2.63. The first-order valence-electron chi connectivity index (χ1n) is 8.55. The highest BCUT2D eigenvalue weighted by atomic mass is 35.5. The molecule has 0 saturated heterocycles. The molecule has 0 radical (unpaired) electrons. The van der Waals surface area contributed by atoms with Crippen molar-refractivity contribution in [2.45, 2.75) is 13.1 Å². The van der Waals surface area contributed by atoms with Gasteiger partial charge in [0.2, 0.25) is 23.4 Å². The molecule has 10 nitrogen and oxygen atoms in total. The van der Waals surface area contributed by atoms with Crippen molar-refractivity contribution >= 4 is 37.2 Å². The summed E-state index contributed by atoms with van der Waals surface area (Å²) in [5.41, 5.74) is 1.82. The van der Waals surface area contributed by atoms with Crippen molar-refractivity contribution in [3.8, 4) is 22.8 Å². The largest absolute Gasteiger partial charge is 0.338 e. The number of nitrogens with zero attached hydrogens (tertiary/aromatic N) is 6. The summed E-state index contributed by atoms with van der Waals surface area (Å²) in [4.78, 5) is 16.2. The van der Waals surface area contributed by atoms with Crippen molar-refractivity contribution in [1.82, 2.24) is 40.9 Å². The van der Waals surface area contributed by atoms with Crippen LogP contribution in [0.2, 0.25) is 0 Å². The van der Waals surface area contributed by atoms with E-state index in [0.717, 1.165) is 11.1 Å². The second-order valence-electron chi connectivity index (χ2n) is 5.56. The third-order valence-electron chi connectivity index (χ3n) is 3.47. The number of pyridine rings is 2. The molecular formula is C18H23Cl3N8O2. The minimum atomic E-state index is 0. The molecule has 0 aromatic carbocycles. The maximum atomic E-state index is 5.02. The first-order chi connectivity index (χ1) is 13.8. The predicted octanol–water partition coefficient (Wildman–Crippen LogP) is 2.97. The predicted molar refractivity (Wildman–Crippen MR) is 122 cm³/mol. The zero-order valence-corrected chi connectivity index (χ0v) is 19.2. The summed E-state index contributed by atoms with van der Waals surface area (Å²) in [5.74, 6) is 2.36. The maximum Gasteiger partial charge on any atom is 0.240 e. The Morgan fingerprint density at radius 2 is 1.00 bits per heavy atom. The van der Waals surface area contributed by atoms with E-state index in [1.165, 1.54) is 0 Å². The summed E-state index contributed by atoms with van der Waals surface area (Å²) in [7, 11) is 3.66. The molecule has 0 aliphatic heterocycles. The summed E-state index contributed by atoms with van der Waals surface area (Å²) in [6.45, 7) is 1.16. The van der Waals surface area contributed by atoms with E-state index in [0.29, 0.717) is 36.5 Å². The molecule has 4 aromatic heterocycles. The molecular weight excluding hydrogens is 467 g/mol. The summed E-state index contributed by atoms with van der Waals surface area (Å²) >= 11 is 0. The van der Waals surface area contributed by atoms with Gasteiger partial charge in [0.1, 0.15) is 0 Å². The van der Waals surface area contributed by atoms with E-state index < -0.39 is 0 Å². The number of hydrogen-bond acceptors (Lipinski definition) is 10. The lowest BCUT2D eigenvalue weighted by atomic mass is 10.2. The van der Waals surface area contributed by atoms with Crippen LogP contribution in [-0.4, -0.2) is 44.3 Å². The average Bonchev–Trinajstić information content (AvgIpc) is 3.41. The lowest BCUT2D eigenvalue weighted by Crippen LogP contribution is -2.04. The van der Waals surface area contributed by atoms with Gasteiger partial charge in [-0.25, -0.2) is 0 Å². The Kier molecular flexibility index (Phi) is 13.9. The van der Waals surface area contributed by atoms with Gasteiger partial charge in [-0.05, 0) is 38.4 Å². The van der Waals surface area contributed by atoms with Crippen molar-refractivity contribution in [1.29, 1.82) is 0 Å². The lowest BCUT2D eigenvalue weighted by molar-refractivity contribution is 0.372. The van der Waals surface area contributed by atoms with E-state index in [1.807, 2.05) is 38.4 Å². The molecule has 0 atom stereocenters. The third-order valence-corrected chi connectivity index (χ3v) is 3.47. The highest BCUT2D eigenvalue weighted by molar-refractivity contribution is 5.86. The minimum Gasteiger partial charge on any atom is -0.338 e. The van der Waals surface area contributed by atoms with Gasteiger partial charge in [0.15, 0.2) is 0 Å². The van der Waals surface area contributed by atoms with Crippen LogP contribution in [0.3, 0.4) is 0 Å². The summed E-state index contributed by atoms with van der Waals surface area (Å²) in [6, 6.07) is 7.37. The fourth-order valence-corrected chi connectivity index (χ4v) is 2.19. The van der Waals surface area contributed by atoms with Gasteiger partial charge in [0.05, 0.1) is 13.1 Å². The SMILES string of the molecule is CNCc1nc(-c2ccncc2)no1.CNCc1nc(-c2ccncc2)no1.Cl.Cl.Cl. The molecule has 4 aromatic rings. The molecule has 0 bridgehead atoms. The van der Waals surface area contributed by atoms with Crippen LogP contribution in [0.25, 0.3) is 22.8 Å². The smallest absolute Gasteiger partial charge is 0.240 e. The van der Waals surface area contributed by atoms with Gasteiger partial charge < -0.3 is 19.7 Å². The fraction of sp³-hybridized carbons (Fsp3) is 0.222. The number of halogens is 3. The Balaban J connectivity index is 0.000000529. The second-order valence-corrected chi connectivity index (χ2v) is 5.56. The van der Waals surface area contributed by atoms with Crippen LogP contribution >= 0.6 is 37.2 Å². The average molecular weight is 490 g/mol. The van der Waals surface area contributed by atoms with Gasteiger partial charge in [-0.3, -0.25) is 9.97 Å². The van der Waals surface area contributed by atoms with Gasteiger partial charge in [0.25, 0.3) is 0 Å². The zero-order chi connectivity index (χ0) is 19.6. The molecule has 0 amide bonds. The maximum absolute atomic E-state index is 5.02. The highest BCUT2D eigenvalue weighted by Crippen LogP contribution is 2.14. The van der Waals surface area contributed by atoms with Gasteiger partial charge in [-0.2, -0.15) is 9.97 Å². The topological polar surface area (TPSA) is 128 Å².